The molecule has 0 aliphatic heterocycles. The fraction of sp³-hybridized carbons (Fsp3) is 0.706. The Morgan fingerprint density at radius 1 is 1.32 bits per heavy atom. The number of rotatable bonds is 9. The molecule has 0 heterocycles. The maximum absolute atomic E-state index is 7.40. The lowest BCUT2D eigenvalue weighted by atomic mass is 9.94. The molecule has 0 amide bonds. The highest BCUT2D eigenvalue weighted by molar-refractivity contribution is 5.70. The second kappa shape index (κ2) is 8.19. The molecule has 2 heteroatoms. The number of nitrogens with one attached hydrogen (secondary N) is 2. The molecule has 0 aromatic heterocycles. The van der Waals surface area contributed by atoms with Gasteiger partial charge in [0.25, 0.3) is 0 Å². The van der Waals surface area contributed by atoms with Crippen molar-refractivity contribution in [3.8, 4) is 0 Å². The molecule has 1 fully saturated rings. The van der Waals surface area contributed by atoms with Crippen LogP contribution in [0.3, 0.4) is 0 Å². The molecule has 108 valence electrons. The first-order chi connectivity index (χ1) is 9.12. The maximum atomic E-state index is 7.40. The molecule has 1 aliphatic rings. The lowest BCUT2D eigenvalue weighted by molar-refractivity contribution is 0.654. The van der Waals surface area contributed by atoms with E-state index >= 15 is 0 Å². The van der Waals surface area contributed by atoms with E-state index in [1.54, 1.807) is 5.57 Å². The first-order valence-electron chi connectivity index (χ1n) is 7.80. The zero-order valence-corrected chi connectivity index (χ0v) is 13.1. The van der Waals surface area contributed by atoms with Crippen LogP contribution in [0.25, 0.3) is 0 Å². The standard InChI is InChI=1S/C17H30N2/c1-5-7-15(6-2)16(12-14-8-9-14)17(10-11-18)19-13(3)4/h10-11,13-14,18-19H,5-9,12H2,1-4H3/b16-15+,17-10-,18-11?. The molecule has 1 rings (SSSR count). The number of hydrogen-bond acceptors (Lipinski definition) is 2. The van der Waals surface area contributed by atoms with Gasteiger partial charge in [-0.25, -0.2) is 0 Å². The molecule has 2 N–H and O–H groups in total. The van der Waals surface area contributed by atoms with Crippen molar-refractivity contribution in [3.05, 3.63) is 22.9 Å². The minimum absolute atomic E-state index is 0.417. The van der Waals surface area contributed by atoms with Crippen LogP contribution in [0.15, 0.2) is 22.9 Å². The highest BCUT2D eigenvalue weighted by Crippen LogP contribution is 2.38. The molecular formula is C17H30N2. The Balaban J connectivity index is 3.02. The molecule has 1 aliphatic carbocycles. The molecule has 1 saturated carbocycles. The van der Waals surface area contributed by atoms with E-state index in [4.69, 9.17) is 5.41 Å². The average Bonchev–Trinajstić information content (AvgIpc) is 3.16. The summed E-state index contributed by atoms with van der Waals surface area (Å²) in [4.78, 5) is 0. The first-order valence-corrected chi connectivity index (χ1v) is 7.80. The van der Waals surface area contributed by atoms with E-state index < -0.39 is 0 Å². The Morgan fingerprint density at radius 3 is 2.42 bits per heavy atom. The van der Waals surface area contributed by atoms with Crippen molar-refractivity contribution in [2.24, 2.45) is 5.92 Å². The van der Waals surface area contributed by atoms with Gasteiger partial charge in [-0.2, -0.15) is 0 Å². The van der Waals surface area contributed by atoms with Crippen LogP contribution in [0.5, 0.6) is 0 Å². The third-order valence-electron chi connectivity index (χ3n) is 3.61. The van der Waals surface area contributed by atoms with E-state index in [-0.39, 0.29) is 0 Å². The van der Waals surface area contributed by atoms with Gasteiger partial charge in [0, 0.05) is 18.0 Å². The number of allylic oxidation sites excluding steroid dienone is 3. The summed E-state index contributed by atoms with van der Waals surface area (Å²) in [5, 5.41) is 10.9. The molecule has 0 aromatic rings. The Morgan fingerprint density at radius 2 is 2.00 bits per heavy atom. The Bertz CT molecular complexity index is 346. The summed E-state index contributed by atoms with van der Waals surface area (Å²) < 4.78 is 0. The van der Waals surface area contributed by atoms with Crippen molar-refractivity contribution in [1.82, 2.24) is 5.32 Å². The minimum Gasteiger partial charge on any atom is -0.383 e. The topological polar surface area (TPSA) is 35.9 Å². The van der Waals surface area contributed by atoms with E-state index in [0.29, 0.717) is 6.04 Å². The second-order valence-electron chi connectivity index (χ2n) is 5.88. The molecule has 19 heavy (non-hydrogen) atoms. The van der Waals surface area contributed by atoms with Crippen molar-refractivity contribution in [2.75, 3.05) is 0 Å². The maximum Gasteiger partial charge on any atom is 0.0389 e. The van der Waals surface area contributed by atoms with Crippen LogP contribution >= 0.6 is 0 Å². The van der Waals surface area contributed by atoms with Gasteiger partial charge in [-0.05, 0) is 63.5 Å². The zero-order valence-electron chi connectivity index (χ0n) is 13.1. The normalized spacial score (nSPS) is 17.4. The van der Waals surface area contributed by atoms with Crippen LogP contribution in [0.2, 0.25) is 0 Å². The van der Waals surface area contributed by atoms with Gasteiger partial charge in [-0.1, -0.05) is 25.8 Å². The summed E-state index contributed by atoms with van der Waals surface area (Å²) in [5.41, 5.74) is 4.25. The van der Waals surface area contributed by atoms with Crippen LogP contribution in [0.4, 0.5) is 0 Å². The van der Waals surface area contributed by atoms with E-state index in [0.717, 1.165) is 12.3 Å². The van der Waals surface area contributed by atoms with Gasteiger partial charge in [0.15, 0.2) is 0 Å². The Kier molecular flexibility index (Phi) is 6.90. The van der Waals surface area contributed by atoms with Crippen LogP contribution in [0, 0.1) is 11.3 Å². The predicted molar refractivity (Wildman–Crippen MR) is 84.7 cm³/mol. The number of hydrogen-bond donors (Lipinski definition) is 2. The third-order valence-corrected chi connectivity index (χ3v) is 3.61. The summed E-state index contributed by atoms with van der Waals surface area (Å²) >= 11 is 0. The largest absolute Gasteiger partial charge is 0.383 e. The highest BCUT2D eigenvalue weighted by Gasteiger charge is 2.25. The summed E-state index contributed by atoms with van der Waals surface area (Å²) in [6.45, 7) is 8.84. The molecule has 0 unspecified atom stereocenters. The Labute approximate surface area is 118 Å². The van der Waals surface area contributed by atoms with Crippen molar-refractivity contribution in [3.63, 3.8) is 0 Å². The van der Waals surface area contributed by atoms with Gasteiger partial charge in [0.2, 0.25) is 0 Å². The SMILES string of the molecule is CCC/C(CC)=C(CC1CC1)/C(=C/C=N)NC(C)C. The zero-order chi connectivity index (χ0) is 14.3. The summed E-state index contributed by atoms with van der Waals surface area (Å²) in [6.07, 6.45) is 10.8. The highest BCUT2D eigenvalue weighted by atomic mass is 14.9. The fourth-order valence-corrected chi connectivity index (χ4v) is 2.53. The molecular weight excluding hydrogens is 232 g/mol. The summed E-state index contributed by atoms with van der Waals surface area (Å²) in [7, 11) is 0. The van der Waals surface area contributed by atoms with Crippen LogP contribution in [-0.4, -0.2) is 12.3 Å². The molecule has 0 radical (unpaired) electrons. The fourth-order valence-electron chi connectivity index (χ4n) is 2.53. The predicted octanol–water partition coefficient (Wildman–Crippen LogP) is 4.82. The smallest absolute Gasteiger partial charge is 0.0389 e. The molecule has 0 aromatic carbocycles. The third kappa shape index (κ3) is 5.63. The van der Waals surface area contributed by atoms with Crippen molar-refractivity contribution in [2.45, 2.75) is 72.3 Å². The average molecular weight is 262 g/mol. The molecule has 0 spiro atoms. The van der Waals surface area contributed by atoms with Gasteiger partial charge in [-0.3, -0.25) is 0 Å². The van der Waals surface area contributed by atoms with Crippen LogP contribution in [-0.2, 0) is 0 Å². The van der Waals surface area contributed by atoms with Gasteiger partial charge in [0.1, 0.15) is 0 Å². The second-order valence-corrected chi connectivity index (χ2v) is 5.88. The van der Waals surface area contributed by atoms with Gasteiger partial charge >= 0.3 is 0 Å². The minimum atomic E-state index is 0.417. The van der Waals surface area contributed by atoms with Crippen molar-refractivity contribution < 1.29 is 0 Å². The van der Waals surface area contributed by atoms with E-state index in [1.807, 2.05) is 6.08 Å². The molecule has 0 bridgehead atoms. The molecule has 0 atom stereocenters. The van der Waals surface area contributed by atoms with Crippen LogP contribution < -0.4 is 5.32 Å². The molecule has 2 nitrogen and oxygen atoms in total. The van der Waals surface area contributed by atoms with E-state index in [1.165, 1.54) is 49.6 Å². The van der Waals surface area contributed by atoms with Crippen molar-refractivity contribution in [1.29, 1.82) is 5.41 Å². The Hall–Kier alpha value is -1.05. The van der Waals surface area contributed by atoms with E-state index in [2.05, 4.69) is 33.0 Å². The van der Waals surface area contributed by atoms with Gasteiger partial charge in [-0.15, -0.1) is 0 Å². The van der Waals surface area contributed by atoms with E-state index in [9.17, 15) is 0 Å². The van der Waals surface area contributed by atoms with Crippen molar-refractivity contribution >= 4 is 6.21 Å². The first kappa shape index (κ1) is 16.0. The summed E-state index contributed by atoms with van der Waals surface area (Å²) in [6, 6.07) is 0.417. The lowest BCUT2D eigenvalue weighted by Gasteiger charge is -2.21. The quantitative estimate of drug-likeness (QED) is 0.453. The van der Waals surface area contributed by atoms with Crippen LogP contribution in [0.1, 0.15) is 66.2 Å². The van der Waals surface area contributed by atoms with Gasteiger partial charge in [0.05, 0.1) is 0 Å². The summed E-state index contributed by atoms with van der Waals surface area (Å²) in [5.74, 6) is 0.886. The lowest BCUT2D eigenvalue weighted by Crippen LogP contribution is -2.24. The molecule has 0 saturated heterocycles. The monoisotopic (exact) mass is 262 g/mol. The van der Waals surface area contributed by atoms with Gasteiger partial charge < -0.3 is 10.7 Å².